The first kappa shape index (κ1) is 13.8. The molecule has 3 aromatic rings. The summed E-state index contributed by atoms with van der Waals surface area (Å²) in [5, 5.41) is 1.04. The Morgan fingerprint density at radius 1 is 1.43 bits per heavy atom. The van der Waals surface area contributed by atoms with E-state index in [1.165, 1.54) is 4.88 Å². The van der Waals surface area contributed by atoms with E-state index < -0.39 is 0 Å². The summed E-state index contributed by atoms with van der Waals surface area (Å²) >= 11 is 1.63. The molecule has 0 saturated heterocycles. The highest BCUT2D eigenvalue weighted by atomic mass is 32.1. The van der Waals surface area contributed by atoms with Gasteiger partial charge >= 0.3 is 0 Å². The third kappa shape index (κ3) is 2.55. The zero-order valence-corrected chi connectivity index (χ0v) is 13.0. The molecule has 0 unspecified atom stereocenters. The summed E-state index contributed by atoms with van der Waals surface area (Å²) in [6.07, 6.45) is 3.72. The maximum Gasteiger partial charge on any atom is 0.240 e. The van der Waals surface area contributed by atoms with Gasteiger partial charge in [0.25, 0.3) is 0 Å². The quantitative estimate of drug-likeness (QED) is 0.563. The second-order valence-corrected chi connectivity index (χ2v) is 6.14. The number of nitrogens with one attached hydrogen (secondary N) is 1. The van der Waals surface area contributed by atoms with Gasteiger partial charge in [0.2, 0.25) is 5.95 Å². The Morgan fingerprint density at radius 2 is 2.24 bits per heavy atom. The minimum absolute atomic E-state index is 0.422. The van der Waals surface area contributed by atoms with Crippen LogP contribution in [-0.4, -0.2) is 26.6 Å². The Labute approximate surface area is 126 Å². The van der Waals surface area contributed by atoms with Crippen molar-refractivity contribution in [1.82, 2.24) is 19.5 Å². The van der Waals surface area contributed by atoms with E-state index in [1.807, 2.05) is 24.9 Å². The molecule has 3 N–H and O–H groups in total. The molecule has 0 bridgehead atoms. The highest BCUT2D eigenvalue weighted by molar-refractivity contribution is 7.18. The van der Waals surface area contributed by atoms with Crippen molar-refractivity contribution in [2.45, 2.75) is 13.5 Å². The number of aryl methyl sites for hydroxylation is 2. The standard InChI is InChI=1S/C13H17N7S/c1-8-6-9-11(16-13(18-14)17-12(9)21-8)20(3)7-10-15-4-5-19(10)2/h4-6H,7,14H2,1-3H3,(H,16,17,18). The van der Waals surface area contributed by atoms with Gasteiger partial charge in [0.1, 0.15) is 16.5 Å². The summed E-state index contributed by atoms with van der Waals surface area (Å²) < 4.78 is 2.00. The number of nitrogen functional groups attached to an aromatic ring is 1. The van der Waals surface area contributed by atoms with Crippen molar-refractivity contribution in [1.29, 1.82) is 0 Å². The maximum absolute atomic E-state index is 5.47. The van der Waals surface area contributed by atoms with Gasteiger partial charge < -0.3 is 9.47 Å². The number of aromatic nitrogens is 4. The van der Waals surface area contributed by atoms with Crippen LogP contribution in [0.4, 0.5) is 11.8 Å². The molecule has 8 heteroatoms. The van der Waals surface area contributed by atoms with Crippen LogP contribution in [0.25, 0.3) is 10.2 Å². The van der Waals surface area contributed by atoms with Gasteiger partial charge in [0.05, 0.1) is 11.9 Å². The van der Waals surface area contributed by atoms with E-state index in [0.717, 1.165) is 21.9 Å². The van der Waals surface area contributed by atoms with Gasteiger partial charge in [0.15, 0.2) is 0 Å². The lowest BCUT2D eigenvalue weighted by molar-refractivity contribution is 0.757. The van der Waals surface area contributed by atoms with Crippen LogP contribution in [0.3, 0.4) is 0 Å². The Hall–Kier alpha value is -2.19. The lowest BCUT2D eigenvalue weighted by Crippen LogP contribution is -2.21. The second kappa shape index (κ2) is 5.30. The van der Waals surface area contributed by atoms with Crippen LogP contribution in [0.15, 0.2) is 18.5 Å². The molecule has 0 fully saturated rings. The van der Waals surface area contributed by atoms with E-state index in [0.29, 0.717) is 12.5 Å². The normalized spacial score (nSPS) is 11.0. The number of anilines is 2. The fraction of sp³-hybridized carbons (Fsp3) is 0.308. The van der Waals surface area contributed by atoms with Crippen molar-refractivity contribution < 1.29 is 0 Å². The second-order valence-electron chi connectivity index (χ2n) is 4.90. The zero-order chi connectivity index (χ0) is 15.0. The lowest BCUT2D eigenvalue weighted by Gasteiger charge is -2.19. The maximum atomic E-state index is 5.47. The van der Waals surface area contributed by atoms with Crippen LogP contribution < -0.4 is 16.2 Å². The van der Waals surface area contributed by atoms with E-state index in [1.54, 1.807) is 17.5 Å². The zero-order valence-electron chi connectivity index (χ0n) is 12.2. The number of nitrogens with two attached hydrogens (primary N) is 1. The number of rotatable bonds is 4. The number of hydrogen-bond donors (Lipinski definition) is 2. The molecular weight excluding hydrogens is 286 g/mol. The third-order valence-electron chi connectivity index (χ3n) is 3.29. The molecule has 7 nitrogen and oxygen atoms in total. The van der Waals surface area contributed by atoms with Crippen molar-refractivity contribution in [2.75, 3.05) is 17.4 Å². The van der Waals surface area contributed by atoms with Crippen LogP contribution >= 0.6 is 11.3 Å². The van der Waals surface area contributed by atoms with Gasteiger partial charge in [-0.2, -0.15) is 4.98 Å². The van der Waals surface area contributed by atoms with Crippen molar-refractivity contribution in [3.8, 4) is 0 Å². The van der Waals surface area contributed by atoms with Crippen LogP contribution in [0.2, 0.25) is 0 Å². The van der Waals surface area contributed by atoms with Crippen LogP contribution in [-0.2, 0) is 13.6 Å². The van der Waals surface area contributed by atoms with E-state index in [-0.39, 0.29) is 0 Å². The van der Waals surface area contributed by atoms with E-state index in [9.17, 15) is 0 Å². The fourth-order valence-corrected chi connectivity index (χ4v) is 3.09. The molecule has 3 heterocycles. The average Bonchev–Trinajstić information content (AvgIpc) is 3.02. The highest BCUT2D eigenvalue weighted by Gasteiger charge is 2.15. The molecule has 3 rings (SSSR count). The molecule has 0 aliphatic heterocycles. The lowest BCUT2D eigenvalue weighted by atomic mass is 10.3. The number of imidazole rings is 1. The number of thiophene rings is 1. The monoisotopic (exact) mass is 303 g/mol. The van der Waals surface area contributed by atoms with Gasteiger partial charge in [-0.25, -0.2) is 15.8 Å². The smallest absolute Gasteiger partial charge is 0.240 e. The molecule has 0 spiro atoms. The van der Waals surface area contributed by atoms with Gasteiger partial charge in [-0.3, -0.25) is 5.43 Å². The predicted octanol–water partition coefficient (Wildman–Crippen LogP) is 1.66. The minimum Gasteiger partial charge on any atom is -0.351 e. The van der Waals surface area contributed by atoms with Gasteiger partial charge in [-0.15, -0.1) is 11.3 Å². The predicted molar refractivity (Wildman–Crippen MR) is 85.3 cm³/mol. The largest absolute Gasteiger partial charge is 0.351 e. The molecule has 0 atom stereocenters. The summed E-state index contributed by atoms with van der Waals surface area (Å²) in [5.74, 6) is 7.71. The van der Waals surface area contributed by atoms with Crippen molar-refractivity contribution in [3.63, 3.8) is 0 Å². The first-order chi connectivity index (χ1) is 10.1. The molecule has 3 aromatic heterocycles. The van der Waals surface area contributed by atoms with Crippen molar-refractivity contribution in [2.24, 2.45) is 12.9 Å². The first-order valence-corrected chi connectivity index (χ1v) is 7.32. The van der Waals surface area contributed by atoms with Crippen LogP contribution in [0.5, 0.6) is 0 Å². The number of fused-ring (bicyclic) bond motifs is 1. The first-order valence-electron chi connectivity index (χ1n) is 6.50. The molecule has 0 aliphatic rings. The van der Waals surface area contributed by atoms with Gasteiger partial charge in [-0.05, 0) is 13.0 Å². The van der Waals surface area contributed by atoms with E-state index in [2.05, 4.69) is 38.3 Å². The summed E-state index contributed by atoms with van der Waals surface area (Å²) in [6.45, 7) is 2.72. The van der Waals surface area contributed by atoms with Crippen LogP contribution in [0.1, 0.15) is 10.7 Å². The van der Waals surface area contributed by atoms with Crippen molar-refractivity contribution >= 4 is 33.3 Å². The summed E-state index contributed by atoms with van der Waals surface area (Å²) in [7, 11) is 3.97. The molecule has 110 valence electrons. The molecule has 0 aromatic carbocycles. The minimum atomic E-state index is 0.422. The van der Waals surface area contributed by atoms with E-state index in [4.69, 9.17) is 5.84 Å². The summed E-state index contributed by atoms with van der Waals surface area (Å²) in [5.41, 5.74) is 2.53. The topological polar surface area (TPSA) is 84.9 Å². The molecule has 0 aliphatic carbocycles. The molecule has 0 saturated carbocycles. The average molecular weight is 303 g/mol. The van der Waals surface area contributed by atoms with E-state index >= 15 is 0 Å². The van der Waals surface area contributed by atoms with Gasteiger partial charge in [0, 0.05) is 31.4 Å². The fourth-order valence-electron chi connectivity index (χ4n) is 2.22. The van der Waals surface area contributed by atoms with Gasteiger partial charge in [-0.1, -0.05) is 0 Å². The molecule has 0 amide bonds. The Morgan fingerprint density at radius 3 is 2.90 bits per heavy atom. The SMILES string of the molecule is Cc1cc2c(N(C)Cc3nccn3C)nc(NN)nc2s1. The third-order valence-corrected chi connectivity index (χ3v) is 4.23. The number of nitrogens with zero attached hydrogens (tertiary/aromatic N) is 5. The Kier molecular flexibility index (Phi) is 3.48. The highest BCUT2D eigenvalue weighted by Crippen LogP contribution is 2.31. The molecular formula is C13H17N7S. The van der Waals surface area contributed by atoms with Crippen molar-refractivity contribution in [3.05, 3.63) is 29.2 Å². The Balaban J connectivity index is 2.03. The Bertz CT molecular complexity index is 776. The molecule has 0 radical (unpaired) electrons. The molecule has 21 heavy (non-hydrogen) atoms. The number of hydrogen-bond acceptors (Lipinski definition) is 7. The summed E-state index contributed by atoms with van der Waals surface area (Å²) in [6, 6.07) is 2.10. The summed E-state index contributed by atoms with van der Waals surface area (Å²) in [4.78, 5) is 17.4. The number of hydrazine groups is 1. The van der Waals surface area contributed by atoms with Crippen LogP contribution in [0, 0.1) is 6.92 Å².